The SMILES string of the molecule is O=C(N[C@H](Cc1ccccc1)C(=O)NC1CCCCC1)[C@H]1O[C@@H](n2ccc(=O)[nH]c2=O)[C@H](O)[C@@H]1O. The Balaban J connectivity index is 1.49. The van der Waals surface area contributed by atoms with E-state index in [2.05, 4.69) is 10.6 Å². The highest BCUT2D eigenvalue weighted by Crippen LogP contribution is 2.28. The van der Waals surface area contributed by atoms with Crippen molar-refractivity contribution < 1.29 is 24.5 Å². The number of ether oxygens (including phenoxy) is 1. The molecule has 11 nitrogen and oxygen atoms in total. The van der Waals surface area contributed by atoms with Crippen LogP contribution in [0.5, 0.6) is 0 Å². The largest absolute Gasteiger partial charge is 0.387 e. The monoisotopic (exact) mass is 486 g/mol. The van der Waals surface area contributed by atoms with E-state index in [1.807, 2.05) is 35.3 Å². The van der Waals surface area contributed by atoms with E-state index in [-0.39, 0.29) is 18.4 Å². The number of benzene rings is 1. The van der Waals surface area contributed by atoms with Gasteiger partial charge in [0.15, 0.2) is 12.3 Å². The van der Waals surface area contributed by atoms with Gasteiger partial charge in [-0.15, -0.1) is 0 Å². The fourth-order valence-electron chi connectivity index (χ4n) is 4.60. The molecule has 2 heterocycles. The molecule has 5 N–H and O–H groups in total. The van der Waals surface area contributed by atoms with Gasteiger partial charge in [-0.05, 0) is 18.4 Å². The number of aliphatic hydroxyl groups is 2. The zero-order valence-corrected chi connectivity index (χ0v) is 19.1. The van der Waals surface area contributed by atoms with Crippen LogP contribution < -0.4 is 21.9 Å². The van der Waals surface area contributed by atoms with Gasteiger partial charge in [-0.2, -0.15) is 0 Å². The van der Waals surface area contributed by atoms with Crippen LogP contribution in [-0.4, -0.2) is 62.0 Å². The Kier molecular flexibility index (Phi) is 7.79. The van der Waals surface area contributed by atoms with E-state index in [1.54, 1.807) is 0 Å². The van der Waals surface area contributed by atoms with Crippen LogP contribution >= 0.6 is 0 Å². The van der Waals surface area contributed by atoms with Gasteiger partial charge in [-0.1, -0.05) is 49.6 Å². The van der Waals surface area contributed by atoms with Crippen LogP contribution in [0.25, 0.3) is 0 Å². The molecule has 1 aliphatic heterocycles. The van der Waals surface area contributed by atoms with Crippen LogP contribution in [0, 0.1) is 0 Å². The van der Waals surface area contributed by atoms with Crippen LogP contribution in [0.2, 0.25) is 0 Å². The average molecular weight is 487 g/mol. The summed E-state index contributed by atoms with van der Waals surface area (Å²) in [6.45, 7) is 0. The maximum Gasteiger partial charge on any atom is 0.330 e. The van der Waals surface area contributed by atoms with Crippen molar-refractivity contribution >= 4 is 11.8 Å². The zero-order chi connectivity index (χ0) is 24.9. The summed E-state index contributed by atoms with van der Waals surface area (Å²) in [4.78, 5) is 51.7. The maximum atomic E-state index is 13.1. The molecule has 2 fully saturated rings. The standard InChI is InChI=1S/C24H30N4O7/c29-17-11-12-28(24(34)27-17)23-19(31)18(30)20(35-23)22(33)26-16(13-14-7-3-1-4-8-14)21(32)25-15-9-5-2-6-10-15/h1,3-4,7-8,11-12,15-16,18-20,23,30-31H,2,5-6,9-10,13H2,(H,25,32)(H,26,33)(H,27,29,34)/t16-,18+,19-,20+,23-/m1/s1. The molecule has 2 aliphatic rings. The summed E-state index contributed by atoms with van der Waals surface area (Å²) in [6.07, 6.45) is 0.0951. The summed E-state index contributed by atoms with van der Waals surface area (Å²) in [5, 5.41) is 26.6. The third-order valence-corrected chi connectivity index (χ3v) is 6.49. The second kappa shape index (κ2) is 11.0. The lowest BCUT2D eigenvalue weighted by atomic mass is 9.95. The van der Waals surface area contributed by atoms with Crippen molar-refractivity contribution in [3.05, 3.63) is 69.0 Å². The van der Waals surface area contributed by atoms with E-state index in [0.717, 1.165) is 54.5 Å². The lowest BCUT2D eigenvalue weighted by molar-refractivity contribution is -0.141. The normalized spacial score (nSPS) is 25.7. The molecule has 0 spiro atoms. The van der Waals surface area contributed by atoms with E-state index in [4.69, 9.17) is 4.74 Å². The number of carbonyl (C=O) groups excluding carboxylic acids is 2. The molecule has 11 heteroatoms. The Hall–Kier alpha value is -3.28. The van der Waals surface area contributed by atoms with Crippen LogP contribution in [0.15, 0.2) is 52.2 Å². The fraction of sp³-hybridized carbons (Fsp3) is 0.500. The zero-order valence-electron chi connectivity index (χ0n) is 19.1. The van der Waals surface area contributed by atoms with E-state index < -0.39 is 47.7 Å². The molecule has 188 valence electrons. The number of nitrogens with zero attached hydrogens (tertiary/aromatic N) is 1. The minimum absolute atomic E-state index is 0.0399. The van der Waals surface area contributed by atoms with Gasteiger partial charge in [0.05, 0.1) is 0 Å². The van der Waals surface area contributed by atoms with Crippen molar-refractivity contribution in [3.8, 4) is 0 Å². The topological polar surface area (TPSA) is 163 Å². The predicted molar refractivity (Wildman–Crippen MR) is 124 cm³/mol. The first-order valence-electron chi connectivity index (χ1n) is 11.8. The lowest BCUT2D eigenvalue weighted by Gasteiger charge is -2.27. The van der Waals surface area contributed by atoms with Gasteiger partial charge in [-0.3, -0.25) is 23.9 Å². The number of carbonyl (C=O) groups is 2. The Morgan fingerprint density at radius 3 is 2.46 bits per heavy atom. The van der Waals surface area contributed by atoms with Crippen LogP contribution in [0.3, 0.4) is 0 Å². The highest BCUT2D eigenvalue weighted by molar-refractivity contribution is 5.90. The number of rotatable bonds is 7. The smallest absolute Gasteiger partial charge is 0.330 e. The minimum Gasteiger partial charge on any atom is -0.387 e. The number of amides is 2. The van der Waals surface area contributed by atoms with Crippen molar-refractivity contribution in [1.82, 2.24) is 20.2 Å². The maximum absolute atomic E-state index is 13.1. The molecule has 4 rings (SSSR count). The van der Waals surface area contributed by atoms with Crippen molar-refractivity contribution in [1.29, 1.82) is 0 Å². The summed E-state index contributed by atoms with van der Waals surface area (Å²) >= 11 is 0. The second-order valence-electron chi connectivity index (χ2n) is 9.04. The third-order valence-electron chi connectivity index (χ3n) is 6.49. The number of aliphatic hydroxyl groups excluding tert-OH is 2. The van der Waals surface area contributed by atoms with Gasteiger partial charge >= 0.3 is 5.69 Å². The molecule has 5 atom stereocenters. The number of aromatic nitrogens is 2. The third kappa shape index (κ3) is 5.87. The first-order chi connectivity index (χ1) is 16.8. The summed E-state index contributed by atoms with van der Waals surface area (Å²) < 4.78 is 6.42. The number of nitrogens with one attached hydrogen (secondary N) is 3. The Morgan fingerprint density at radius 2 is 1.77 bits per heavy atom. The summed E-state index contributed by atoms with van der Waals surface area (Å²) in [6, 6.07) is 9.37. The highest BCUT2D eigenvalue weighted by atomic mass is 16.6. The summed E-state index contributed by atoms with van der Waals surface area (Å²) in [7, 11) is 0. The minimum atomic E-state index is -1.65. The molecule has 35 heavy (non-hydrogen) atoms. The Morgan fingerprint density at radius 1 is 1.06 bits per heavy atom. The molecule has 1 aromatic carbocycles. The molecule has 2 amide bonds. The van der Waals surface area contributed by atoms with E-state index >= 15 is 0 Å². The Labute approximate surface area is 201 Å². The molecule has 2 aromatic rings. The molecule has 1 aromatic heterocycles. The van der Waals surface area contributed by atoms with Gasteiger partial charge in [0.2, 0.25) is 5.91 Å². The molecular weight excluding hydrogens is 456 g/mol. The molecule has 0 bridgehead atoms. The molecule has 1 aliphatic carbocycles. The average Bonchev–Trinajstić information content (AvgIpc) is 3.14. The van der Waals surface area contributed by atoms with Crippen LogP contribution in [0.1, 0.15) is 43.9 Å². The fourth-order valence-corrected chi connectivity index (χ4v) is 4.60. The molecule has 1 saturated carbocycles. The van der Waals surface area contributed by atoms with Gasteiger partial charge < -0.3 is 25.6 Å². The van der Waals surface area contributed by atoms with Gasteiger partial charge in [0.1, 0.15) is 18.2 Å². The highest BCUT2D eigenvalue weighted by Gasteiger charge is 2.48. The van der Waals surface area contributed by atoms with Gasteiger partial charge in [0, 0.05) is 24.7 Å². The van der Waals surface area contributed by atoms with Crippen molar-refractivity contribution in [2.75, 3.05) is 0 Å². The number of hydrogen-bond acceptors (Lipinski definition) is 7. The summed E-state index contributed by atoms with van der Waals surface area (Å²) in [5.41, 5.74) is -0.660. The first-order valence-corrected chi connectivity index (χ1v) is 11.8. The van der Waals surface area contributed by atoms with Crippen LogP contribution in [-0.2, 0) is 20.7 Å². The molecule has 0 unspecified atom stereocenters. The second-order valence-corrected chi connectivity index (χ2v) is 9.04. The number of hydrogen-bond donors (Lipinski definition) is 5. The summed E-state index contributed by atoms with van der Waals surface area (Å²) in [5.74, 6) is -1.13. The van der Waals surface area contributed by atoms with Crippen molar-refractivity contribution in [3.63, 3.8) is 0 Å². The van der Waals surface area contributed by atoms with E-state index in [1.165, 1.54) is 0 Å². The van der Waals surface area contributed by atoms with Gasteiger partial charge in [0.25, 0.3) is 11.5 Å². The predicted octanol–water partition coefficient (Wildman–Crippen LogP) is -0.668. The van der Waals surface area contributed by atoms with Gasteiger partial charge in [-0.25, -0.2) is 4.79 Å². The molecular formula is C24H30N4O7. The van der Waals surface area contributed by atoms with Crippen LogP contribution in [0.4, 0.5) is 0 Å². The van der Waals surface area contributed by atoms with E-state index in [9.17, 15) is 29.4 Å². The Bertz CT molecular complexity index is 1140. The van der Waals surface area contributed by atoms with E-state index in [0.29, 0.717) is 0 Å². The van der Waals surface area contributed by atoms with Crippen molar-refractivity contribution in [2.45, 2.75) is 75.1 Å². The number of aromatic amines is 1. The van der Waals surface area contributed by atoms with Crippen molar-refractivity contribution in [2.24, 2.45) is 0 Å². The number of H-pyrrole nitrogens is 1. The first kappa shape index (κ1) is 24.8. The lowest BCUT2D eigenvalue weighted by Crippen LogP contribution is -2.54. The quantitative estimate of drug-likeness (QED) is 0.347. The molecule has 0 radical (unpaired) electrons. The molecule has 1 saturated heterocycles.